The first-order valence-electron chi connectivity index (χ1n) is 6.92. The van der Waals surface area contributed by atoms with Crippen LogP contribution in [0, 0.1) is 0 Å². The summed E-state index contributed by atoms with van der Waals surface area (Å²) in [5.74, 6) is -0.129. The molecule has 106 valence electrons. The van der Waals surface area contributed by atoms with Crippen molar-refractivity contribution in [2.75, 3.05) is 18.6 Å². The van der Waals surface area contributed by atoms with Gasteiger partial charge in [-0.1, -0.05) is 25.1 Å². The molecule has 2 atom stereocenters. The quantitative estimate of drug-likeness (QED) is 0.790. The number of hydrogen-bond acceptors (Lipinski definition) is 3. The number of nitrogens with zero attached hydrogens (tertiary/aromatic N) is 2. The second kappa shape index (κ2) is 4.90. The summed E-state index contributed by atoms with van der Waals surface area (Å²) in [6.45, 7) is 2.52. The molecule has 0 unspecified atom stereocenters. The van der Waals surface area contributed by atoms with E-state index in [2.05, 4.69) is 0 Å². The van der Waals surface area contributed by atoms with Gasteiger partial charge in [0.2, 0.25) is 0 Å². The number of carbonyl (C=O) groups excluding carboxylic acids is 2. The van der Waals surface area contributed by atoms with Gasteiger partial charge in [-0.2, -0.15) is 0 Å². The van der Waals surface area contributed by atoms with Gasteiger partial charge in [0.05, 0.1) is 11.8 Å². The zero-order valence-corrected chi connectivity index (χ0v) is 11.7. The third-order valence-corrected chi connectivity index (χ3v) is 4.15. The molecule has 1 aromatic rings. The fraction of sp³-hybridized carbons (Fsp3) is 0.467. The van der Waals surface area contributed by atoms with Crippen molar-refractivity contribution >= 4 is 17.6 Å². The van der Waals surface area contributed by atoms with Crippen molar-refractivity contribution in [2.45, 2.75) is 31.9 Å². The van der Waals surface area contributed by atoms with Crippen molar-refractivity contribution in [2.24, 2.45) is 0 Å². The van der Waals surface area contributed by atoms with Crippen LogP contribution in [0.1, 0.15) is 18.9 Å². The largest absolute Gasteiger partial charge is 0.380 e. The number of ether oxygens (including phenoxy) is 1. The molecule has 0 aromatic heterocycles. The summed E-state index contributed by atoms with van der Waals surface area (Å²) in [6.07, 6.45) is 1.35. The van der Waals surface area contributed by atoms with E-state index in [1.165, 1.54) is 4.90 Å². The molecule has 20 heavy (non-hydrogen) atoms. The third-order valence-electron chi connectivity index (χ3n) is 4.15. The Kier molecular flexibility index (Phi) is 3.22. The van der Waals surface area contributed by atoms with Crippen LogP contribution < -0.4 is 4.90 Å². The Bertz CT molecular complexity index is 534. The fourth-order valence-corrected chi connectivity index (χ4v) is 3.04. The summed E-state index contributed by atoms with van der Waals surface area (Å²) in [5, 5.41) is 0. The van der Waals surface area contributed by atoms with E-state index in [-0.39, 0.29) is 24.1 Å². The molecule has 2 saturated heterocycles. The Labute approximate surface area is 118 Å². The van der Waals surface area contributed by atoms with Crippen LogP contribution in [0.5, 0.6) is 0 Å². The number of anilines is 1. The zero-order valence-electron chi connectivity index (χ0n) is 11.7. The Morgan fingerprint density at radius 3 is 2.70 bits per heavy atom. The van der Waals surface area contributed by atoms with E-state index in [0.29, 0.717) is 18.7 Å². The molecule has 0 N–H and O–H groups in total. The summed E-state index contributed by atoms with van der Waals surface area (Å²) in [6, 6.07) is 6.99. The zero-order chi connectivity index (χ0) is 14.3. The summed E-state index contributed by atoms with van der Waals surface area (Å²) in [5.41, 5.74) is 1.73. The fourth-order valence-electron chi connectivity index (χ4n) is 3.04. The van der Waals surface area contributed by atoms with Crippen molar-refractivity contribution in [1.82, 2.24) is 4.90 Å². The molecule has 2 aliphatic heterocycles. The first-order valence-corrected chi connectivity index (χ1v) is 6.92. The molecule has 5 nitrogen and oxygen atoms in total. The predicted octanol–water partition coefficient (Wildman–Crippen LogP) is 1.80. The minimum Gasteiger partial charge on any atom is -0.380 e. The van der Waals surface area contributed by atoms with Gasteiger partial charge >= 0.3 is 6.03 Å². The number of para-hydroxylation sites is 1. The van der Waals surface area contributed by atoms with Crippen molar-refractivity contribution in [3.05, 3.63) is 29.8 Å². The van der Waals surface area contributed by atoms with Gasteiger partial charge in [-0.3, -0.25) is 4.79 Å². The lowest BCUT2D eigenvalue weighted by atomic mass is 10.1. The van der Waals surface area contributed by atoms with Crippen LogP contribution in [0.25, 0.3) is 0 Å². The minimum absolute atomic E-state index is 0.0310. The van der Waals surface area contributed by atoms with Gasteiger partial charge in [0.15, 0.2) is 0 Å². The molecule has 3 rings (SSSR count). The second-order valence-corrected chi connectivity index (χ2v) is 5.20. The highest BCUT2D eigenvalue weighted by Gasteiger charge is 2.51. The summed E-state index contributed by atoms with van der Waals surface area (Å²) < 4.78 is 5.27. The van der Waals surface area contributed by atoms with Crippen LogP contribution in [0.15, 0.2) is 24.3 Å². The molecule has 0 spiro atoms. The lowest BCUT2D eigenvalue weighted by Crippen LogP contribution is -2.35. The maximum absolute atomic E-state index is 12.5. The van der Waals surface area contributed by atoms with E-state index in [4.69, 9.17) is 4.74 Å². The summed E-state index contributed by atoms with van der Waals surface area (Å²) in [4.78, 5) is 28.0. The second-order valence-electron chi connectivity index (χ2n) is 5.20. The number of aryl methyl sites for hydroxylation is 1. The molecule has 0 bridgehead atoms. The van der Waals surface area contributed by atoms with Gasteiger partial charge in [-0.05, 0) is 18.1 Å². The Morgan fingerprint density at radius 2 is 2.05 bits per heavy atom. The predicted molar refractivity (Wildman–Crippen MR) is 74.6 cm³/mol. The first-order chi connectivity index (χ1) is 9.67. The van der Waals surface area contributed by atoms with Crippen LogP contribution in [-0.2, 0) is 16.0 Å². The Hall–Kier alpha value is -1.88. The highest BCUT2D eigenvalue weighted by Crippen LogP contribution is 2.33. The Morgan fingerprint density at radius 1 is 1.30 bits per heavy atom. The molecule has 1 aromatic carbocycles. The number of urea groups is 1. The number of methoxy groups -OCH3 is 1. The topological polar surface area (TPSA) is 49.9 Å². The smallest absolute Gasteiger partial charge is 0.332 e. The van der Waals surface area contributed by atoms with Crippen LogP contribution in [0.2, 0.25) is 0 Å². The molecular formula is C15H18N2O3. The van der Waals surface area contributed by atoms with Crippen LogP contribution in [0.4, 0.5) is 10.5 Å². The number of fused-ring (bicyclic) bond motifs is 1. The van der Waals surface area contributed by atoms with E-state index in [1.54, 1.807) is 12.0 Å². The van der Waals surface area contributed by atoms with Gasteiger partial charge < -0.3 is 9.64 Å². The maximum atomic E-state index is 12.5. The third kappa shape index (κ3) is 1.81. The number of carbonyl (C=O) groups is 2. The SMILES string of the molecule is CCc1ccccc1N1C(=O)[C@H]2C[C@H](OC)CN2C1=O. The average Bonchev–Trinajstić information content (AvgIpc) is 3.00. The molecule has 2 fully saturated rings. The van der Waals surface area contributed by atoms with E-state index >= 15 is 0 Å². The summed E-state index contributed by atoms with van der Waals surface area (Å²) in [7, 11) is 1.62. The number of imide groups is 1. The molecule has 0 radical (unpaired) electrons. The molecule has 2 aliphatic rings. The van der Waals surface area contributed by atoms with E-state index in [1.807, 2.05) is 31.2 Å². The van der Waals surface area contributed by atoms with Gasteiger partial charge in [0.1, 0.15) is 6.04 Å². The number of amides is 3. The van der Waals surface area contributed by atoms with E-state index < -0.39 is 0 Å². The lowest BCUT2D eigenvalue weighted by molar-refractivity contribution is -0.119. The van der Waals surface area contributed by atoms with Crippen LogP contribution >= 0.6 is 0 Å². The molecule has 5 heteroatoms. The van der Waals surface area contributed by atoms with E-state index in [0.717, 1.165) is 12.0 Å². The minimum atomic E-state index is -0.364. The first kappa shape index (κ1) is 13.1. The average molecular weight is 274 g/mol. The maximum Gasteiger partial charge on any atom is 0.332 e. The van der Waals surface area contributed by atoms with Crippen molar-refractivity contribution in [1.29, 1.82) is 0 Å². The van der Waals surface area contributed by atoms with Gasteiger partial charge in [-0.15, -0.1) is 0 Å². The van der Waals surface area contributed by atoms with E-state index in [9.17, 15) is 9.59 Å². The van der Waals surface area contributed by atoms with Gasteiger partial charge in [0.25, 0.3) is 5.91 Å². The molecular weight excluding hydrogens is 256 g/mol. The van der Waals surface area contributed by atoms with Crippen molar-refractivity contribution in [3.8, 4) is 0 Å². The van der Waals surface area contributed by atoms with Gasteiger partial charge in [0, 0.05) is 20.1 Å². The standard InChI is InChI=1S/C15H18N2O3/c1-3-10-6-4-5-7-12(10)17-14(18)13-8-11(20-2)9-16(13)15(17)19/h4-7,11,13H,3,8-9H2,1-2H3/t11-,13+/m0/s1. The molecule has 0 aliphatic carbocycles. The van der Waals surface area contributed by atoms with Crippen LogP contribution in [-0.4, -0.2) is 42.6 Å². The monoisotopic (exact) mass is 274 g/mol. The van der Waals surface area contributed by atoms with Crippen molar-refractivity contribution in [3.63, 3.8) is 0 Å². The highest BCUT2D eigenvalue weighted by molar-refractivity contribution is 6.22. The number of benzene rings is 1. The summed E-state index contributed by atoms with van der Waals surface area (Å²) >= 11 is 0. The molecule has 3 amide bonds. The number of rotatable bonds is 3. The highest BCUT2D eigenvalue weighted by atomic mass is 16.5. The normalized spacial score (nSPS) is 25.5. The number of hydrogen-bond donors (Lipinski definition) is 0. The van der Waals surface area contributed by atoms with Crippen LogP contribution in [0.3, 0.4) is 0 Å². The lowest BCUT2D eigenvalue weighted by Gasteiger charge is -2.19. The van der Waals surface area contributed by atoms with Crippen molar-refractivity contribution < 1.29 is 14.3 Å². The Balaban J connectivity index is 1.94. The van der Waals surface area contributed by atoms with Gasteiger partial charge in [-0.25, -0.2) is 9.69 Å². The molecule has 2 heterocycles. The molecule has 0 saturated carbocycles.